The normalized spacial score (nSPS) is 32.2. The molecular formula is C13H25NO2. The zero-order valence-corrected chi connectivity index (χ0v) is 10.2. The maximum atomic E-state index is 10.6. The predicted molar refractivity (Wildman–Crippen MR) is 64.1 cm³/mol. The molecule has 0 spiro atoms. The summed E-state index contributed by atoms with van der Waals surface area (Å²) in [4.78, 5) is 0. The van der Waals surface area contributed by atoms with Gasteiger partial charge in [-0.1, -0.05) is 19.3 Å². The number of aliphatic hydroxyl groups excluding tert-OH is 1. The third-order valence-electron chi connectivity index (χ3n) is 4.53. The average molecular weight is 227 g/mol. The quantitative estimate of drug-likeness (QED) is 0.771. The van der Waals surface area contributed by atoms with Crippen LogP contribution in [0, 0.1) is 11.3 Å². The summed E-state index contributed by atoms with van der Waals surface area (Å²) in [5, 5.41) is 10.6. The van der Waals surface area contributed by atoms with Gasteiger partial charge < -0.3 is 15.6 Å². The monoisotopic (exact) mass is 227 g/mol. The molecule has 1 heterocycles. The first-order chi connectivity index (χ1) is 7.78. The van der Waals surface area contributed by atoms with Crippen LogP contribution >= 0.6 is 0 Å². The summed E-state index contributed by atoms with van der Waals surface area (Å²) >= 11 is 0. The van der Waals surface area contributed by atoms with Crippen LogP contribution in [0.15, 0.2) is 0 Å². The van der Waals surface area contributed by atoms with Crippen molar-refractivity contribution in [1.82, 2.24) is 0 Å². The summed E-state index contributed by atoms with van der Waals surface area (Å²) in [6, 6.07) is 0. The van der Waals surface area contributed by atoms with Gasteiger partial charge in [-0.3, -0.25) is 0 Å². The number of aliphatic hydroxyl groups is 1. The third-order valence-corrected chi connectivity index (χ3v) is 4.53. The van der Waals surface area contributed by atoms with Gasteiger partial charge in [0.15, 0.2) is 0 Å². The largest absolute Gasteiger partial charge is 0.392 e. The van der Waals surface area contributed by atoms with Crippen LogP contribution in [0.25, 0.3) is 0 Å². The van der Waals surface area contributed by atoms with Crippen LogP contribution in [0.5, 0.6) is 0 Å². The molecule has 2 fully saturated rings. The van der Waals surface area contributed by atoms with E-state index >= 15 is 0 Å². The fraction of sp³-hybridized carbons (Fsp3) is 1.00. The summed E-state index contributed by atoms with van der Waals surface area (Å²) < 4.78 is 5.48. The van der Waals surface area contributed by atoms with E-state index in [0.29, 0.717) is 12.5 Å². The van der Waals surface area contributed by atoms with Crippen molar-refractivity contribution >= 4 is 0 Å². The van der Waals surface area contributed by atoms with Crippen LogP contribution in [0.4, 0.5) is 0 Å². The predicted octanol–water partition coefficient (Wildman–Crippen LogP) is 1.68. The van der Waals surface area contributed by atoms with Crippen molar-refractivity contribution in [3.63, 3.8) is 0 Å². The van der Waals surface area contributed by atoms with E-state index in [0.717, 1.165) is 38.9 Å². The Morgan fingerprint density at radius 1 is 1.25 bits per heavy atom. The molecule has 0 radical (unpaired) electrons. The molecule has 0 bridgehead atoms. The molecule has 0 aromatic carbocycles. The first-order valence-corrected chi connectivity index (χ1v) is 6.74. The molecule has 94 valence electrons. The Bertz CT molecular complexity index is 208. The maximum Gasteiger partial charge on any atom is 0.0658 e. The summed E-state index contributed by atoms with van der Waals surface area (Å²) in [6.45, 7) is 2.21. The molecule has 3 nitrogen and oxygen atoms in total. The Hall–Kier alpha value is -0.120. The molecule has 1 aliphatic carbocycles. The second kappa shape index (κ2) is 5.48. The fourth-order valence-electron chi connectivity index (χ4n) is 3.39. The van der Waals surface area contributed by atoms with Gasteiger partial charge in [-0.15, -0.1) is 0 Å². The molecule has 2 unspecified atom stereocenters. The molecule has 3 heteroatoms. The molecule has 1 saturated heterocycles. The Morgan fingerprint density at radius 3 is 2.56 bits per heavy atom. The van der Waals surface area contributed by atoms with E-state index in [9.17, 15) is 5.11 Å². The second-order valence-corrected chi connectivity index (χ2v) is 5.55. The van der Waals surface area contributed by atoms with E-state index in [-0.39, 0.29) is 11.5 Å². The standard InChI is InChI=1S/C13H25NO2/c14-10-13(6-2-1-3-7-13)12(15)11-5-4-8-16-9-11/h11-12,15H,1-10,14H2. The van der Waals surface area contributed by atoms with E-state index < -0.39 is 0 Å². The minimum Gasteiger partial charge on any atom is -0.392 e. The van der Waals surface area contributed by atoms with Gasteiger partial charge in [0.25, 0.3) is 0 Å². The van der Waals surface area contributed by atoms with Crippen molar-refractivity contribution in [2.75, 3.05) is 19.8 Å². The molecule has 2 rings (SSSR count). The van der Waals surface area contributed by atoms with Crippen molar-refractivity contribution in [3.8, 4) is 0 Å². The molecule has 1 saturated carbocycles. The fourth-order valence-corrected chi connectivity index (χ4v) is 3.39. The molecule has 0 aromatic heterocycles. The summed E-state index contributed by atoms with van der Waals surface area (Å²) in [6.07, 6.45) is 7.88. The van der Waals surface area contributed by atoms with Crippen molar-refractivity contribution < 1.29 is 9.84 Å². The smallest absolute Gasteiger partial charge is 0.0658 e. The van der Waals surface area contributed by atoms with E-state index in [1.165, 1.54) is 19.3 Å². The summed E-state index contributed by atoms with van der Waals surface area (Å²) in [5.74, 6) is 0.315. The summed E-state index contributed by atoms with van der Waals surface area (Å²) in [7, 11) is 0. The lowest BCUT2D eigenvalue weighted by atomic mass is 9.66. The molecule has 0 aromatic rings. The van der Waals surface area contributed by atoms with Gasteiger partial charge in [0.1, 0.15) is 0 Å². The van der Waals surface area contributed by atoms with E-state index in [4.69, 9.17) is 10.5 Å². The van der Waals surface area contributed by atoms with E-state index in [2.05, 4.69) is 0 Å². The van der Waals surface area contributed by atoms with Gasteiger partial charge in [-0.2, -0.15) is 0 Å². The number of ether oxygens (including phenoxy) is 1. The first-order valence-electron chi connectivity index (χ1n) is 6.74. The van der Waals surface area contributed by atoms with Gasteiger partial charge in [0.05, 0.1) is 12.7 Å². The highest BCUT2D eigenvalue weighted by Gasteiger charge is 2.42. The Morgan fingerprint density at radius 2 is 2.00 bits per heavy atom. The highest BCUT2D eigenvalue weighted by Crippen LogP contribution is 2.42. The number of rotatable bonds is 3. The van der Waals surface area contributed by atoms with Crippen molar-refractivity contribution in [2.45, 2.75) is 51.0 Å². The lowest BCUT2D eigenvalue weighted by Crippen LogP contribution is -2.48. The van der Waals surface area contributed by atoms with Crippen LogP contribution in [0.1, 0.15) is 44.9 Å². The Balaban J connectivity index is 2.00. The molecule has 2 aliphatic rings. The molecule has 16 heavy (non-hydrogen) atoms. The molecule has 0 amide bonds. The number of nitrogens with two attached hydrogens (primary N) is 1. The van der Waals surface area contributed by atoms with Gasteiger partial charge in [0.2, 0.25) is 0 Å². The van der Waals surface area contributed by atoms with Crippen LogP contribution in [0.3, 0.4) is 0 Å². The first kappa shape index (κ1) is 12.3. The van der Waals surface area contributed by atoms with Crippen LogP contribution in [0.2, 0.25) is 0 Å². The van der Waals surface area contributed by atoms with E-state index in [1.54, 1.807) is 0 Å². The molecule has 3 N–H and O–H groups in total. The lowest BCUT2D eigenvalue weighted by Gasteiger charge is -2.44. The van der Waals surface area contributed by atoms with Gasteiger partial charge in [0, 0.05) is 24.5 Å². The second-order valence-electron chi connectivity index (χ2n) is 5.55. The number of hydrogen-bond donors (Lipinski definition) is 2. The van der Waals surface area contributed by atoms with Crippen LogP contribution < -0.4 is 5.73 Å². The zero-order chi connectivity index (χ0) is 11.4. The lowest BCUT2D eigenvalue weighted by molar-refractivity contribution is -0.0805. The summed E-state index contributed by atoms with van der Waals surface area (Å²) in [5.41, 5.74) is 5.93. The van der Waals surface area contributed by atoms with E-state index in [1.807, 2.05) is 0 Å². The van der Waals surface area contributed by atoms with Crippen molar-refractivity contribution in [2.24, 2.45) is 17.1 Å². The van der Waals surface area contributed by atoms with Gasteiger partial charge in [-0.05, 0) is 25.7 Å². The highest BCUT2D eigenvalue weighted by molar-refractivity contribution is 4.93. The highest BCUT2D eigenvalue weighted by atomic mass is 16.5. The Kier molecular flexibility index (Phi) is 4.22. The zero-order valence-electron chi connectivity index (χ0n) is 10.2. The SMILES string of the molecule is NCC1(C(O)C2CCCOC2)CCCCC1. The average Bonchev–Trinajstić information content (AvgIpc) is 2.39. The van der Waals surface area contributed by atoms with Crippen molar-refractivity contribution in [3.05, 3.63) is 0 Å². The van der Waals surface area contributed by atoms with Crippen LogP contribution in [-0.2, 0) is 4.74 Å². The minimum atomic E-state index is -0.252. The maximum absolute atomic E-state index is 10.6. The Labute approximate surface area is 98.4 Å². The molecule has 1 aliphatic heterocycles. The topological polar surface area (TPSA) is 55.5 Å². The third kappa shape index (κ3) is 2.41. The molecule has 2 atom stereocenters. The van der Waals surface area contributed by atoms with Gasteiger partial charge >= 0.3 is 0 Å². The van der Waals surface area contributed by atoms with Crippen molar-refractivity contribution in [1.29, 1.82) is 0 Å². The molecular weight excluding hydrogens is 202 g/mol. The minimum absolute atomic E-state index is 0.0103. The van der Waals surface area contributed by atoms with Crippen LogP contribution in [-0.4, -0.2) is 31.0 Å². The van der Waals surface area contributed by atoms with Gasteiger partial charge in [-0.25, -0.2) is 0 Å². The number of hydrogen-bond acceptors (Lipinski definition) is 3.